The summed E-state index contributed by atoms with van der Waals surface area (Å²) in [7, 11) is 6.00. The highest BCUT2D eigenvalue weighted by molar-refractivity contribution is 7.09. The second-order valence-electron chi connectivity index (χ2n) is 29.1. The second-order valence-corrected chi connectivity index (χ2v) is 30.2. The van der Waals surface area contributed by atoms with Gasteiger partial charge in [-0.2, -0.15) is 20.4 Å². The first-order valence-corrected chi connectivity index (χ1v) is 40.7. The minimum atomic E-state index is -0.894. The van der Waals surface area contributed by atoms with E-state index in [0.717, 1.165) is 38.1 Å². The molecule has 33 heteroatoms. The van der Waals surface area contributed by atoms with Crippen molar-refractivity contribution in [2.75, 3.05) is 41.6 Å². The van der Waals surface area contributed by atoms with Gasteiger partial charge in [0.2, 0.25) is 5.91 Å². The maximum atomic E-state index is 13.2. The lowest BCUT2D eigenvalue weighted by atomic mass is 10.0. The van der Waals surface area contributed by atoms with Crippen LogP contribution in [0.5, 0.6) is 23.0 Å². The van der Waals surface area contributed by atoms with Gasteiger partial charge in [0.1, 0.15) is 51.8 Å². The average Bonchev–Trinajstić information content (AvgIpc) is 1.67. The van der Waals surface area contributed by atoms with Gasteiger partial charge >= 0.3 is 0 Å². The molecule has 3 unspecified atom stereocenters. The van der Waals surface area contributed by atoms with Gasteiger partial charge in [-0.3, -0.25) is 83.5 Å². The fourth-order valence-corrected chi connectivity index (χ4v) is 13.7. The monoisotopic (exact) mass is 1730 g/mol. The maximum absolute atomic E-state index is 13.2. The van der Waals surface area contributed by atoms with Crippen LogP contribution in [0.25, 0.3) is 92.2 Å². The Labute approximate surface area is 732 Å². The third-order valence-corrected chi connectivity index (χ3v) is 20.6. The molecule has 0 aliphatic heterocycles. The van der Waals surface area contributed by atoms with Gasteiger partial charge in [0.25, 0.3) is 23.6 Å². The molecule has 0 fully saturated rings. The summed E-state index contributed by atoms with van der Waals surface area (Å²) in [6.45, 7) is 11.8. The van der Waals surface area contributed by atoms with Gasteiger partial charge in [-0.1, -0.05) is 98.8 Å². The van der Waals surface area contributed by atoms with Crippen LogP contribution < -0.4 is 45.9 Å². The Kier molecular flexibility index (Phi) is 31.5. The molecule has 0 saturated carbocycles. The average molecular weight is 1730 g/mol. The van der Waals surface area contributed by atoms with Crippen LogP contribution in [0.3, 0.4) is 0 Å². The molecule has 0 aliphatic carbocycles. The number of pyridine rings is 4. The SMILES string of the molecule is COc1c(C(=O)NC(CO)C(C)C)ccc2n[nH]c(/C=C/c3ccc(C(C)=O)nc3)c12.COc1c(C(=O)NC(Cc2ccccc2)C(N)=O)ccc2n[nH]c(/C=C/c3ccc(C(C)=O)nc3)c12.COc1c(C(=O)NCC(C)O)ccc2n[nH]c(/C=C/c3ccc(C(C)=O)nc3)c12.COc1c(C(=O)NCc2cccs2)ccc2n[nH]c(/C=C/c3ccc(C(C)=O)nc3)c12. The number of carbonyl (C=O) groups excluding carboxylic acids is 9. The predicted octanol–water partition coefficient (Wildman–Crippen LogP) is 13.0. The Morgan fingerprint density at radius 3 is 1.05 bits per heavy atom. The van der Waals surface area contributed by atoms with Gasteiger partial charge in [0, 0.05) is 70.3 Å². The summed E-state index contributed by atoms with van der Waals surface area (Å²) >= 11 is 1.59. The van der Waals surface area contributed by atoms with Crippen LogP contribution in [-0.2, 0) is 17.8 Å². The fraction of sp³-hybridized carbons (Fsp3) is 0.202. The van der Waals surface area contributed by atoms with Crippen molar-refractivity contribution in [3.8, 4) is 23.0 Å². The van der Waals surface area contributed by atoms with Crippen molar-refractivity contribution in [3.63, 3.8) is 0 Å². The number of thiophene rings is 1. The summed E-state index contributed by atoms with van der Waals surface area (Å²) in [4.78, 5) is 127. The van der Waals surface area contributed by atoms with E-state index in [-0.39, 0.29) is 78.0 Å². The van der Waals surface area contributed by atoms with Gasteiger partial charge in [0.05, 0.1) is 142 Å². The molecule has 9 heterocycles. The van der Waals surface area contributed by atoms with Gasteiger partial charge in [-0.25, -0.2) is 0 Å². The topological polar surface area (TPSA) is 471 Å². The van der Waals surface area contributed by atoms with E-state index in [0.29, 0.717) is 130 Å². The van der Waals surface area contributed by atoms with Crippen molar-refractivity contribution in [1.29, 1.82) is 0 Å². The third kappa shape index (κ3) is 23.4. The number of H-pyrrole nitrogens is 4. The number of fused-ring (bicyclic) bond motifs is 4. The number of methoxy groups -OCH3 is 4. The number of hydrogen-bond acceptors (Lipinski definition) is 24. The molecule has 14 rings (SSSR count). The summed E-state index contributed by atoms with van der Waals surface area (Å²) < 4.78 is 22.3. The number of nitrogens with zero attached hydrogens (tertiary/aromatic N) is 8. The number of amides is 5. The quantitative estimate of drug-likeness (QED) is 0.0180. The lowest BCUT2D eigenvalue weighted by Crippen LogP contribution is -2.45. The van der Waals surface area contributed by atoms with Gasteiger partial charge in [-0.05, 0) is 149 Å². The molecule has 3 atom stereocenters. The molecule has 32 nitrogen and oxygen atoms in total. The molecular weight excluding hydrogens is 1640 g/mol. The normalized spacial score (nSPS) is 12.0. The van der Waals surface area contributed by atoms with Gasteiger partial charge < -0.3 is 56.2 Å². The zero-order valence-corrected chi connectivity index (χ0v) is 72.0. The van der Waals surface area contributed by atoms with E-state index in [1.807, 2.05) is 98.1 Å². The number of ketones is 4. The molecule has 0 bridgehead atoms. The smallest absolute Gasteiger partial charge is 0.255 e. The number of hydrogen-bond donors (Lipinski definition) is 11. The summed E-state index contributed by atoms with van der Waals surface area (Å²) in [6, 6.07) is 39.4. The molecule has 14 aromatic rings. The molecular formula is C94H93N17O15S. The van der Waals surface area contributed by atoms with Crippen LogP contribution in [0.4, 0.5) is 0 Å². The molecule has 127 heavy (non-hydrogen) atoms. The minimum absolute atomic E-state index is 0.0790. The number of aromatic nitrogens is 12. The number of carbonyl (C=O) groups is 9. The van der Waals surface area contributed by atoms with Gasteiger partial charge in [-0.15, -0.1) is 11.3 Å². The largest absolute Gasteiger partial charge is 0.495 e. The van der Waals surface area contributed by atoms with Crippen LogP contribution in [0.1, 0.15) is 187 Å². The summed E-state index contributed by atoms with van der Waals surface area (Å²) in [6.07, 6.45) is 20.6. The zero-order valence-electron chi connectivity index (χ0n) is 71.2. The minimum Gasteiger partial charge on any atom is -0.495 e. The highest BCUT2D eigenvalue weighted by Crippen LogP contribution is 2.37. The number of Topliss-reactive ketones (excluding diaryl/α,β-unsaturated/α-hetero) is 4. The number of primary amides is 1. The standard InChI is InChI=1S/C27H25N5O4.C23H26N4O4.C23H20N4O3S.C21H22N4O4/c1-16(33)20-11-8-18(15-29-20)9-12-21-24-22(32-31-21)13-10-19(25(24)36-2)27(35)30-23(26(28)34)14-17-6-4-3-5-7-17;1-13(2)20(12-28)25-23(30)16-7-10-19-21(22(16)31-4)18(26-27-19)9-6-15-5-8-17(14(3)29)24-11-15;1-14(28)18-8-5-15(12-24-18)6-9-19-21-20(27-26-19)10-7-17(22(21)30-2)23(29)25-13-16-4-3-11-31-16;1-12(26)10-23-21(28)15-6-9-18-19(20(15)29-3)17(24-25-18)8-5-14-4-7-16(13(2)27)22-11-14/h3-13,15,23H,14H2,1-2H3,(H2,28,34)(H,30,35)(H,31,32);5-11,13,20,28H,12H2,1-4H3,(H,25,30)(H,26,27);3-12H,13H2,1-2H3,(H,25,29)(H,26,27);4-9,11-12,26H,10H2,1-3H3,(H,23,28)(H,24,25)/b12-9+;2*9-6+;8-5+. The lowest BCUT2D eigenvalue weighted by Gasteiger charge is -2.20. The molecule has 9 aromatic heterocycles. The van der Waals surface area contributed by atoms with Crippen molar-refractivity contribution < 1.29 is 72.3 Å². The van der Waals surface area contributed by atoms with Crippen LogP contribution in [0, 0.1) is 5.92 Å². The van der Waals surface area contributed by atoms with Gasteiger partial charge in [0.15, 0.2) is 23.1 Å². The number of aromatic amines is 4. The highest BCUT2D eigenvalue weighted by atomic mass is 32.1. The first kappa shape index (κ1) is 92.1. The van der Waals surface area contributed by atoms with Crippen molar-refractivity contribution in [2.45, 2.75) is 79.6 Å². The summed E-state index contributed by atoms with van der Waals surface area (Å²) in [5.74, 6) is -0.741. The number of aliphatic hydroxyl groups is 2. The van der Waals surface area contributed by atoms with E-state index >= 15 is 0 Å². The third-order valence-electron chi connectivity index (χ3n) is 19.8. The summed E-state index contributed by atoms with van der Waals surface area (Å²) in [5, 5.41) is 63.8. The lowest BCUT2D eigenvalue weighted by molar-refractivity contribution is -0.119. The number of aliphatic hydroxyl groups excluding tert-OH is 2. The van der Waals surface area contributed by atoms with Crippen molar-refractivity contribution in [1.82, 2.24) is 82.0 Å². The van der Waals surface area contributed by atoms with E-state index in [1.165, 1.54) is 56.1 Å². The molecule has 0 saturated heterocycles. The number of nitrogens with one attached hydrogen (secondary N) is 8. The molecule has 0 spiro atoms. The van der Waals surface area contributed by atoms with E-state index in [1.54, 1.807) is 152 Å². The van der Waals surface area contributed by atoms with Crippen molar-refractivity contribution in [3.05, 3.63) is 270 Å². The first-order chi connectivity index (χ1) is 61.2. The number of rotatable bonds is 31. The van der Waals surface area contributed by atoms with Crippen molar-refractivity contribution >= 4 is 156 Å². The second kappa shape index (κ2) is 43.4. The fourth-order valence-electron chi connectivity index (χ4n) is 13.0. The Morgan fingerprint density at radius 1 is 0.425 bits per heavy atom. The summed E-state index contributed by atoms with van der Waals surface area (Å²) in [5.41, 5.74) is 17.9. The predicted molar refractivity (Wildman–Crippen MR) is 487 cm³/mol. The molecule has 12 N–H and O–H groups in total. The number of benzene rings is 5. The molecule has 5 aromatic carbocycles. The molecule has 650 valence electrons. The Balaban J connectivity index is 0.000000165. The highest BCUT2D eigenvalue weighted by Gasteiger charge is 2.27. The Bertz CT molecular complexity index is 6430. The van der Waals surface area contributed by atoms with Crippen LogP contribution in [0.2, 0.25) is 0 Å². The van der Waals surface area contributed by atoms with Crippen molar-refractivity contribution in [2.24, 2.45) is 11.7 Å². The Hall–Kier alpha value is -15.6. The maximum Gasteiger partial charge on any atom is 0.255 e. The van der Waals surface area contributed by atoms with Crippen LogP contribution in [-0.4, -0.2) is 183 Å². The van der Waals surface area contributed by atoms with E-state index in [4.69, 9.17) is 24.7 Å². The van der Waals surface area contributed by atoms with E-state index in [2.05, 4.69) is 82.0 Å². The number of nitrogens with two attached hydrogens (primary N) is 1. The molecule has 0 aliphatic rings. The van der Waals surface area contributed by atoms with Crippen LogP contribution in [0.15, 0.2) is 170 Å². The number of ether oxygens (including phenoxy) is 4. The molecule has 5 amide bonds. The first-order valence-electron chi connectivity index (χ1n) is 39.8. The molecule has 0 radical (unpaired) electrons. The van der Waals surface area contributed by atoms with Crippen LogP contribution >= 0.6 is 11.3 Å². The van der Waals surface area contributed by atoms with E-state index < -0.39 is 24.0 Å². The zero-order chi connectivity index (χ0) is 91.0. The Morgan fingerprint density at radius 2 is 0.764 bits per heavy atom. The van der Waals surface area contributed by atoms with E-state index in [9.17, 15) is 53.4 Å².